The first-order valence-electron chi connectivity index (χ1n) is 5.22. The topological polar surface area (TPSA) is 69.7 Å². The number of hydrogen-bond acceptors (Lipinski definition) is 5. The molecule has 0 amide bonds. The minimum Gasteiger partial charge on any atom is -0.462 e. The van der Waals surface area contributed by atoms with Gasteiger partial charge in [0.25, 0.3) is 0 Å². The van der Waals surface area contributed by atoms with Crippen molar-refractivity contribution in [2.45, 2.75) is 34.1 Å². The second kappa shape index (κ2) is 6.18. The molecule has 0 fully saturated rings. The van der Waals surface area contributed by atoms with Crippen molar-refractivity contribution in [1.29, 1.82) is 0 Å². The molecule has 0 aromatic heterocycles. The molecule has 0 aliphatic heterocycles. The number of esters is 3. The summed E-state index contributed by atoms with van der Waals surface area (Å²) in [5, 5.41) is 0. The normalized spacial score (nSPS) is 10.6. The molecule has 0 saturated heterocycles. The van der Waals surface area contributed by atoms with Gasteiger partial charge in [-0.2, -0.15) is 0 Å². The Labute approximate surface area is 101 Å². The van der Waals surface area contributed by atoms with Gasteiger partial charge in [0.2, 0.25) is 0 Å². The Morgan fingerprint density at radius 2 is 1.71 bits per heavy atom. The van der Waals surface area contributed by atoms with Crippen molar-refractivity contribution in [3.8, 4) is 0 Å². The Kier molecular flexibility index (Phi) is 5.58. The van der Waals surface area contributed by atoms with Crippen molar-refractivity contribution >= 4 is 17.9 Å². The Morgan fingerprint density at radius 1 is 1.18 bits per heavy atom. The van der Waals surface area contributed by atoms with Gasteiger partial charge < -0.3 is 9.47 Å². The number of ether oxygens (including phenoxy) is 2. The van der Waals surface area contributed by atoms with E-state index in [1.165, 1.54) is 6.92 Å². The zero-order valence-electron chi connectivity index (χ0n) is 10.7. The summed E-state index contributed by atoms with van der Waals surface area (Å²) in [4.78, 5) is 33.5. The summed E-state index contributed by atoms with van der Waals surface area (Å²) in [6, 6.07) is 0. The SMILES string of the molecule is C=C(C)C(=O)OCCC(=O)OC(=O)C(C)(C)C. The summed E-state index contributed by atoms with van der Waals surface area (Å²) in [5.74, 6) is -1.88. The molecule has 5 heteroatoms. The van der Waals surface area contributed by atoms with Crippen molar-refractivity contribution in [1.82, 2.24) is 0 Å². The summed E-state index contributed by atoms with van der Waals surface area (Å²) in [7, 11) is 0. The van der Waals surface area contributed by atoms with Gasteiger partial charge in [0.05, 0.1) is 11.8 Å². The van der Waals surface area contributed by atoms with E-state index in [1.807, 2.05) is 0 Å². The molecule has 17 heavy (non-hydrogen) atoms. The maximum absolute atomic E-state index is 11.3. The molecule has 96 valence electrons. The van der Waals surface area contributed by atoms with Crippen LogP contribution in [0.25, 0.3) is 0 Å². The smallest absolute Gasteiger partial charge is 0.333 e. The summed E-state index contributed by atoms with van der Waals surface area (Å²) in [6.45, 7) is 9.70. The molecule has 0 unspecified atom stereocenters. The molecule has 5 nitrogen and oxygen atoms in total. The summed E-state index contributed by atoms with van der Waals surface area (Å²) >= 11 is 0. The molecule has 0 N–H and O–H groups in total. The molecular weight excluding hydrogens is 224 g/mol. The van der Waals surface area contributed by atoms with Gasteiger partial charge in [0, 0.05) is 5.57 Å². The largest absolute Gasteiger partial charge is 0.462 e. The Bertz CT molecular complexity index is 335. The highest BCUT2D eigenvalue weighted by Gasteiger charge is 2.25. The molecule has 0 saturated carbocycles. The van der Waals surface area contributed by atoms with E-state index in [-0.39, 0.29) is 18.6 Å². The minimum absolute atomic E-state index is 0.123. The van der Waals surface area contributed by atoms with Gasteiger partial charge >= 0.3 is 17.9 Å². The number of rotatable bonds is 4. The fourth-order valence-corrected chi connectivity index (χ4v) is 0.658. The predicted molar refractivity (Wildman–Crippen MR) is 60.9 cm³/mol. The second-order valence-corrected chi connectivity index (χ2v) is 4.68. The zero-order valence-corrected chi connectivity index (χ0v) is 10.7. The molecule has 0 bridgehead atoms. The minimum atomic E-state index is -0.732. The van der Waals surface area contributed by atoms with E-state index >= 15 is 0 Å². The van der Waals surface area contributed by atoms with E-state index < -0.39 is 23.3 Å². The lowest BCUT2D eigenvalue weighted by molar-refractivity contribution is -0.166. The van der Waals surface area contributed by atoms with E-state index in [9.17, 15) is 14.4 Å². The maximum atomic E-state index is 11.3. The first-order chi connectivity index (χ1) is 7.64. The molecule has 0 aliphatic rings. The first kappa shape index (κ1) is 15.3. The zero-order chi connectivity index (χ0) is 13.6. The lowest BCUT2D eigenvalue weighted by atomic mass is 9.97. The van der Waals surface area contributed by atoms with Gasteiger partial charge in [-0.25, -0.2) is 4.79 Å². The monoisotopic (exact) mass is 242 g/mol. The average Bonchev–Trinajstić information content (AvgIpc) is 2.15. The molecule has 0 aromatic rings. The van der Waals surface area contributed by atoms with Crippen LogP contribution in [0.4, 0.5) is 0 Å². The third kappa shape index (κ3) is 6.50. The quantitative estimate of drug-likeness (QED) is 0.425. The van der Waals surface area contributed by atoms with Gasteiger partial charge in [0.15, 0.2) is 0 Å². The second-order valence-electron chi connectivity index (χ2n) is 4.68. The van der Waals surface area contributed by atoms with Gasteiger partial charge in [-0.1, -0.05) is 6.58 Å². The highest BCUT2D eigenvalue weighted by Crippen LogP contribution is 2.15. The van der Waals surface area contributed by atoms with Crippen LogP contribution in [0.1, 0.15) is 34.1 Å². The van der Waals surface area contributed by atoms with Crippen LogP contribution in [-0.2, 0) is 23.9 Å². The number of carbonyl (C=O) groups is 3. The van der Waals surface area contributed by atoms with Crippen LogP contribution in [0.15, 0.2) is 12.2 Å². The molecule has 0 spiro atoms. The van der Waals surface area contributed by atoms with Gasteiger partial charge in [-0.3, -0.25) is 9.59 Å². The standard InChI is InChI=1S/C12H18O5/c1-8(2)10(14)16-7-6-9(13)17-11(15)12(3,4)5/h1,6-7H2,2-5H3. The molecule has 0 aliphatic carbocycles. The van der Waals surface area contributed by atoms with Crippen molar-refractivity contribution in [3.63, 3.8) is 0 Å². The number of carbonyl (C=O) groups excluding carboxylic acids is 3. The fourth-order valence-electron chi connectivity index (χ4n) is 0.658. The first-order valence-corrected chi connectivity index (χ1v) is 5.22. The molecule has 0 aromatic carbocycles. The van der Waals surface area contributed by atoms with Crippen LogP contribution in [0.5, 0.6) is 0 Å². The van der Waals surface area contributed by atoms with E-state index in [2.05, 4.69) is 11.3 Å². The van der Waals surface area contributed by atoms with Crippen LogP contribution in [0, 0.1) is 5.41 Å². The molecular formula is C12H18O5. The van der Waals surface area contributed by atoms with Crippen molar-refractivity contribution < 1.29 is 23.9 Å². The maximum Gasteiger partial charge on any atom is 0.333 e. The highest BCUT2D eigenvalue weighted by molar-refractivity contribution is 5.89. The number of hydrogen-bond donors (Lipinski definition) is 0. The van der Waals surface area contributed by atoms with Crippen LogP contribution < -0.4 is 0 Å². The van der Waals surface area contributed by atoms with Crippen molar-refractivity contribution in [2.75, 3.05) is 6.61 Å². The van der Waals surface area contributed by atoms with Gasteiger partial charge in [-0.15, -0.1) is 0 Å². The fraction of sp³-hybridized carbons (Fsp3) is 0.583. The molecule has 0 rings (SSSR count). The van der Waals surface area contributed by atoms with Gasteiger partial charge in [0.1, 0.15) is 6.61 Å². The third-order valence-corrected chi connectivity index (χ3v) is 1.71. The lowest BCUT2D eigenvalue weighted by Gasteiger charge is -2.15. The van der Waals surface area contributed by atoms with Crippen molar-refractivity contribution in [3.05, 3.63) is 12.2 Å². The Balaban J connectivity index is 3.94. The Hall–Kier alpha value is -1.65. The van der Waals surface area contributed by atoms with E-state index in [4.69, 9.17) is 4.74 Å². The highest BCUT2D eigenvalue weighted by atomic mass is 16.6. The van der Waals surface area contributed by atoms with Crippen LogP contribution in [0.2, 0.25) is 0 Å². The van der Waals surface area contributed by atoms with Crippen LogP contribution >= 0.6 is 0 Å². The van der Waals surface area contributed by atoms with Crippen molar-refractivity contribution in [2.24, 2.45) is 5.41 Å². The average molecular weight is 242 g/mol. The van der Waals surface area contributed by atoms with Crippen LogP contribution in [0.3, 0.4) is 0 Å². The predicted octanol–water partition coefficient (Wildman–Crippen LogP) is 1.61. The van der Waals surface area contributed by atoms with E-state index in [0.717, 1.165) is 0 Å². The van der Waals surface area contributed by atoms with Crippen LogP contribution in [-0.4, -0.2) is 24.5 Å². The van der Waals surface area contributed by atoms with E-state index in [1.54, 1.807) is 20.8 Å². The summed E-state index contributed by atoms with van der Waals surface area (Å²) in [6.07, 6.45) is -0.152. The molecule has 0 atom stereocenters. The molecule has 0 radical (unpaired) electrons. The summed E-state index contributed by atoms with van der Waals surface area (Å²) in [5.41, 5.74) is -0.478. The Morgan fingerprint density at radius 3 is 2.12 bits per heavy atom. The summed E-state index contributed by atoms with van der Waals surface area (Å²) < 4.78 is 9.26. The molecule has 0 heterocycles. The van der Waals surface area contributed by atoms with E-state index in [0.29, 0.717) is 0 Å². The lowest BCUT2D eigenvalue weighted by Crippen LogP contribution is -2.26. The van der Waals surface area contributed by atoms with Gasteiger partial charge in [-0.05, 0) is 27.7 Å². The third-order valence-electron chi connectivity index (χ3n) is 1.71.